The van der Waals surface area contributed by atoms with Gasteiger partial charge in [0.1, 0.15) is 17.0 Å². The fourth-order valence-corrected chi connectivity index (χ4v) is 5.00. The number of rotatable bonds is 6. The van der Waals surface area contributed by atoms with E-state index in [1.54, 1.807) is 12.1 Å². The van der Waals surface area contributed by atoms with Gasteiger partial charge in [-0.25, -0.2) is 8.78 Å². The van der Waals surface area contributed by atoms with E-state index in [1.807, 2.05) is 49.4 Å². The molecule has 0 spiro atoms. The van der Waals surface area contributed by atoms with Gasteiger partial charge in [0.2, 0.25) is 11.8 Å². The molecule has 1 aliphatic heterocycles. The Morgan fingerprint density at radius 3 is 2.47 bits per heavy atom. The minimum atomic E-state index is -0.777. The minimum Gasteiger partial charge on any atom is -0.326 e. The summed E-state index contributed by atoms with van der Waals surface area (Å²) in [6.07, 6.45) is 0.674. The van der Waals surface area contributed by atoms with Crippen molar-refractivity contribution in [2.75, 3.05) is 16.0 Å². The molecule has 1 heterocycles. The molecule has 1 N–H and O–H groups in total. The first kappa shape index (κ1) is 22.0. The minimum absolute atomic E-state index is 0.0532. The Kier molecular flexibility index (Phi) is 6.55. The van der Waals surface area contributed by atoms with E-state index in [1.165, 1.54) is 22.7 Å². The van der Waals surface area contributed by atoms with Gasteiger partial charge in [-0.05, 0) is 41.8 Å². The summed E-state index contributed by atoms with van der Waals surface area (Å²) in [6, 6.07) is 20.0. The maximum atomic E-state index is 14.3. The number of hydrogen-bond donors (Lipinski definition) is 1. The van der Waals surface area contributed by atoms with Gasteiger partial charge in [-0.15, -0.1) is 11.8 Å². The van der Waals surface area contributed by atoms with Crippen molar-refractivity contribution in [1.82, 2.24) is 0 Å². The molecule has 0 saturated carbocycles. The number of benzene rings is 3. The molecular formula is C25H22F2N2O2S. The molecule has 0 aliphatic carbocycles. The van der Waals surface area contributed by atoms with E-state index in [-0.39, 0.29) is 29.2 Å². The Morgan fingerprint density at radius 2 is 1.81 bits per heavy atom. The van der Waals surface area contributed by atoms with E-state index in [4.69, 9.17) is 0 Å². The third-order valence-electron chi connectivity index (χ3n) is 5.43. The van der Waals surface area contributed by atoms with Crippen LogP contribution in [0.1, 0.15) is 35.8 Å². The Balaban J connectivity index is 1.51. The van der Waals surface area contributed by atoms with Gasteiger partial charge < -0.3 is 5.32 Å². The second-order valence-corrected chi connectivity index (χ2v) is 8.57. The van der Waals surface area contributed by atoms with Crippen molar-refractivity contribution in [1.29, 1.82) is 0 Å². The zero-order chi connectivity index (χ0) is 22.7. The van der Waals surface area contributed by atoms with Gasteiger partial charge in [0.15, 0.2) is 0 Å². The second kappa shape index (κ2) is 9.53. The van der Waals surface area contributed by atoms with Crippen LogP contribution in [-0.4, -0.2) is 17.6 Å². The van der Waals surface area contributed by atoms with Gasteiger partial charge in [0.25, 0.3) is 0 Å². The first-order chi connectivity index (χ1) is 15.5. The number of nitrogens with one attached hydrogen (secondary N) is 1. The molecule has 4 nitrogen and oxygen atoms in total. The lowest BCUT2D eigenvalue weighted by molar-refractivity contribution is -0.118. The van der Waals surface area contributed by atoms with Crippen LogP contribution in [0.3, 0.4) is 0 Å². The molecule has 1 aliphatic rings. The fraction of sp³-hybridized carbons (Fsp3) is 0.200. The van der Waals surface area contributed by atoms with Crippen molar-refractivity contribution in [2.45, 2.75) is 24.6 Å². The van der Waals surface area contributed by atoms with Crippen molar-refractivity contribution < 1.29 is 18.4 Å². The summed E-state index contributed by atoms with van der Waals surface area (Å²) in [4.78, 5) is 26.6. The lowest BCUT2D eigenvalue weighted by atomic mass is 9.95. The van der Waals surface area contributed by atoms with Gasteiger partial charge >= 0.3 is 0 Å². The largest absolute Gasteiger partial charge is 0.326 e. The summed E-state index contributed by atoms with van der Waals surface area (Å²) in [5.41, 5.74) is 2.44. The lowest BCUT2D eigenvalue weighted by Gasteiger charge is -2.25. The fourth-order valence-electron chi connectivity index (χ4n) is 3.83. The normalized spacial score (nSPS) is 16.8. The van der Waals surface area contributed by atoms with Crippen molar-refractivity contribution in [2.24, 2.45) is 0 Å². The highest BCUT2D eigenvalue weighted by Gasteiger charge is 2.35. The predicted molar refractivity (Wildman–Crippen MR) is 124 cm³/mol. The van der Waals surface area contributed by atoms with Gasteiger partial charge in [-0.2, -0.15) is 0 Å². The van der Waals surface area contributed by atoms with E-state index in [2.05, 4.69) is 5.32 Å². The SMILES string of the molecule is CC[C@@H](C(=O)Nc1ccc([C@@H]2SCC(=O)N2c2ccc(F)cc2F)cc1)c1ccccc1. The van der Waals surface area contributed by atoms with Crippen molar-refractivity contribution in [3.05, 3.63) is 95.6 Å². The summed E-state index contributed by atoms with van der Waals surface area (Å²) in [7, 11) is 0. The number of halogens is 2. The Labute approximate surface area is 189 Å². The third-order valence-corrected chi connectivity index (χ3v) is 6.64. The van der Waals surface area contributed by atoms with Crippen LogP contribution in [-0.2, 0) is 9.59 Å². The summed E-state index contributed by atoms with van der Waals surface area (Å²) in [5.74, 6) is -1.85. The molecule has 2 atom stereocenters. The molecule has 4 rings (SSSR count). The Hall–Kier alpha value is -3.19. The number of amides is 2. The molecule has 32 heavy (non-hydrogen) atoms. The number of nitrogens with zero attached hydrogens (tertiary/aromatic N) is 1. The van der Waals surface area contributed by atoms with Crippen LogP contribution in [0.15, 0.2) is 72.8 Å². The van der Waals surface area contributed by atoms with Crippen LogP contribution in [0.25, 0.3) is 0 Å². The highest BCUT2D eigenvalue weighted by atomic mass is 32.2. The van der Waals surface area contributed by atoms with Crippen LogP contribution >= 0.6 is 11.8 Å². The lowest BCUT2D eigenvalue weighted by Crippen LogP contribution is -2.28. The van der Waals surface area contributed by atoms with Gasteiger partial charge in [0.05, 0.1) is 17.4 Å². The molecule has 0 bridgehead atoms. The highest BCUT2D eigenvalue weighted by Crippen LogP contribution is 2.42. The molecule has 0 aromatic heterocycles. The van der Waals surface area contributed by atoms with Gasteiger partial charge in [0, 0.05) is 11.8 Å². The molecule has 1 fully saturated rings. The average molecular weight is 453 g/mol. The molecule has 3 aromatic carbocycles. The number of carbonyl (C=O) groups excluding carboxylic acids is 2. The maximum Gasteiger partial charge on any atom is 0.238 e. The summed E-state index contributed by atoms with van der Waals surface area (Å²) < 4.78 is 27.6. The molecule has 1 saturated heterocycles. The summed E-state index contributed by atoms with van der Waals surface area (Å²) in [5, 5.41) is 2.52. The van der Waals surface area contributed by atoms with E-state index < -0.39 is 17.0 Å². The molecule has 3 aromatic rings. The second-order valence-electron chi connectivity index (χ2n) is 7.51. The van der Waals surface area contributed by atoms with Crippen LogP contribution in [0.5, 0.6) is 0 Å². The summed E-state index contributed by atoms with van der Waals surface area (Å²) in [6.45, 7) is 1.97. The first-order valence-corrected chi connectivity index (χ1v) is 11.4. The molecule has 0 unspecified atom stereocenters. The van der Waals surface area contributed by atoms with E-state index in [0.717, 1.165) is 23.3 Å². The number of hydrogen-bond acceptors (Lipinski definition) is 3. The standard InChI is InChI=1S/C25H22F2N2O2S/c1-2-20(16-6-4-3-5-7-16)24(31)28-19-11-8-17(9-12-19)25-29(23(30)15-32-25)22-13-10-18(26)14-21(22)27/h3-14,20,25H,2,15H2,1H3,(H,28,31)/t20-,25+/m1/s1. The van der Waals surface area contributed by atoms with Crippen molar-refractivity contribution >= 4 is 35.0 Å². The van der Waals surface area contributed by atoms with E-state index in [0.29, 0.717) is 12.1 Å². The third kappa shape index (κ3) is 4.53. The molecular weight excluding hydrogens is 430 g/mol. The highest BCUT2D eigenvalue weighted by molar-refractivity contribution is 8.00. The van der Waals surface area contributed by atoms with Crippen LogP contribution < -0.4 is 10.2 Å². The van der Waals surface area contributed by atoms with Crippen molar-refractivity contribution in [3.8, 4) is 0 Å². The van der Waals surface area contributed by atoms with Crippen LogP contribution in [0, 0.1) is 11.6 Å². The van der Waals surface area contributed by atoms with Crippen LogP contribution in [0.4, 0.5) is 20.2 Å². The zero-order valence-corrected chi connectivity index (χ0v) is 18.2. The number of anilines is 2. The smallest absolute Gasteiger partial charge is 0.238 e. The average Bonchev–Trinajstić information content (AvgIpc) is 3.17. The van der Waals surface area contributed by atoms with Crippen molar-refractivity contribution in [3.63, 3.8) is 0 Å². The molecule has 7 heteroatoms. The molecule has 164 valence electrons. The van der Waals surface area contributed by atoms with Crippen LogP contribution in [0.2, 0.25) is 0 Å². The monoisotopic (exact) mass is 452 g/mol. The van der Waals surface area contributed by atoms with Gasteiger partial charge in [-0.1, -0.05) is 49.4 Å². The first-order valence-electron chi connectivity index (χ1n) is 10.3. The van der Waals surface area contributed by atoms with Gasteiger partial charge in [-0.3, -0.25) is 14.5 Å². The zero-order valence-electron chi connectivity index (χ0n) is 17.4. The predicted octanol–water partition coefficient (Wildman–Crippen LogP) is 5.88. The van der Waals surface area contributed by atoms with E-state index in [9.17, 15) is 18.4 Å². The molecule has 2 amide bonds. The van der Waals surface area contributed by atoms with E-state index >= 15 is 0 Å². The summed E-state index contributed by atoms with van der Waals surface area (Å²) >= 11 is 1.37. The quantitative estimate of drug-likeness (QED) is 0.508. The number of thioether (sulfide) groups is 1. The topological polar surface area (TPSA) is 49.4 Å². The maximum absolute atomic E-state index is 14.3. The number of carbonyl (C=O) groups is 2. The molecule has 0 radical (unpaired) electrons. The Bertz CT molecular complexity index is 1120. The Morgan fingerprint density at radius 1 is 1.09 bits per heavy atom.